The second-order valence-electron chi connectivity index (χ2n) is 7.28. The minimum Gasteiger partial charge on any atom is -0.496 e. The second kappa shape index (κ2) is 10.5. The molecule has 0 saturated carbocycles. The van der Waals surface area contributed by atoms with Gasteiger partial charge in [0, 0.05) is 19.2 Å². The van der Waals surface area contributed by atoms with Gasteiger partial charge in [0.05, 0.1) is 30.2 Å². The van der Waals surface area contributed by atoms with E-state index >= 15 is 0 Å². The van der Waals surface area contributed by atoms with Crippen LogP contribution in [0.4, 0.5) is 0 Å². The van der Waals surface area contributed by atoms with Crippen molar-refractivity contribution in [2.75, 3.05) is 26.8 Å². The smallest absolute Gasteiger partial charge is 0.347 e. The highest BCUT2D eigenvalue weighted by atomic mass is 32.2. The van der Waals surface area contributed by atoms with E-state index < -0.39 is 16.0 Å². The Kier molecular flexibility index (Phi) is 7.72. The highest BCUT2D eigenvalue weighted by Crippen LogP contribution is 2.31. The van der Waals surface area contributed by atoms with E-state index in [4.69, 9.17) is 19.5 Å². The van der Waals surface area contributed by atoms with Gasteiger partial charge in [-0.3, -0.25) is 0 Å². The van der Waals surface area contributed by atoms with Gasteiger partial charge >= 0.3 is 5.97 Å². The number of hydrogen-bond donors (Lipinski definition) is 0. The largest absolute Gasteiger partial charge is 0.496 e. The molecule has 0 spiro atoms. The van der Waals surface area contributed by atoms with Crippen molar-refractivity contribution < 1.29 is 27.4 Å². The number of rotatable bonds is 7. The SMILES string of the molecule is CCOc1cc(C#N)ccc1OC(=O)c1cc(S(=O)(=O)N2CCCCCC2)ccc1OC. The number of carbonyl (C=O) groups is 1. The van der Waals surface area contributed by atoms with Gasteiger partial charge in [-0.15, -0.1) is 0 Å². The topological polar surface area (TPSA) is 106 Å². The van der Waals surface area contributed by atoms with E-state index in [0.717, 1.165) is 25.7 Å². The van der Waals surface area contributed by atoms with Crippen molar-refractivity contribution >= 4 is 16.0 Å². The standard InChI is InChI=1S/C23H26N2O6S/c1-3-30-22-14-17(16-24)8-10-21(22)31-23(26)19-15-18(9-11-20(19)29-2)32(27,28)25-12-6-4-5-7-13-25/h8-11,14-15H,3-7,12-13H2,1-2H3. The molecule has 0 bridgehead atoms. The molecule has 2 aromatic carbocycles. The summed E-state index contributed by atoms with van der Waals surface area (Å²) in [6.07, 6.45) is 3.62. The van der Waals surface area contributed by atoms with Crippen molar-refractivity contribution in [3.8, 4) is 23.3 Å². The summed E-state index contributed by atoms with van der Waals surface area (Å²) in [5.41, 5.74) is 0.339. The Morgan fingerprint density at radius 2 is 1.72 bits per heavy atom. The molecule has 170 valence electrons. The van der Waals surface area contributed by atoms with Crippen molar-refractivity contribution in [3.63, 3.8) is 0 Å². The fraction of sp³-hybridized carbons (Fsp3) is 0.391. The van der Waals surface area contributed by atoms with E-state index in [2.05, 4.69) is 0 Å². The van der Waals surface area contributed by atoms with Crippen LogP contribution in [0.2, 0.25) is 0 Å². The van der Waals surface area contributed by atoms with Crippen molar-refractivity contribution in [3.05, 3.63) is 47.5 Å². The number of nitriles is 1. The van der Waals surface area contributed by atoms with Gasteiger partial charge in [0.25, 0.3) is 0 Å². The van der Waals surface area contributed by atoms with Crippen molar-refractivity contribution in [1.82, 2.24) is 4.31 Å². The summed E-state index contributed by atoms with van der Waals surface area (Å²) in [6, 6.07) is 10.6. The van der Waals surface area contributed by atoms with Crippen LogP contribution in [0, 0.1) is 11.3 Å². The maximum atomic E-state index is 13.2. The van der Waals surface area contributed by atoms with Gasteiger partial charge in [-0.25, -0.2) is 13.2 Å². The zero-order valence-corrected chi connectivity index (χ0v) is 19.0. The van der Waals surface area contributed by atoms with Gasteiger partial charge in [0.1, 0.15) is 11.3 Å². The Morgan fingerprint density at radius 1 is 1.03 bits per heavy atom. The third-order valence-corrected chi connectivity index (χ3v) is 7.06. The number of benzene rings is 2. The molecule has 1 aliphatic heterocycles. The molecule has 2 aromatic rings. The summed E-state index contributed by atoms with van der Waals surface area (Å²) in [4.78, 5) is 13.0. The first kappa shape index (κ1) is 23.6. The summed E-state index contributed by atoms with van der Waals surface area (Å²) in [7, 11) is -2.36. The number of sulfonamides is 1. The number of ether oxygens (including phenoxy) is 3. The summed E-state index contributed by atoms with van der Waals surface area (Å²) >= 11 is 0. The lowest BCUT2D eigenvalue weighted by molar-refractivity contribution is 0.0724. The first-order valence-corrected chi connectivity index (χ1v) is 11.9. The highest BCUT2D eigenvalue weighted by molar-refractivity contribution is 7.89. The van der Waals surface area contributed by atoms with E-state index in [1.54, 1.807) is 6.92 Å². The van der Waals surface area contributed by atoms with Gasteiger partial charge in [-0.05, 0) is 50.1 Å². The van der Waals surface area contributed by atoms with E-state index in [0.29, 0.717) is 25.3 Å². The average molecular weight is 459 g/mol. The zero-order chi connectivity index (χ0) is 23.1. The van der Waals surface area contributed by atoms with Crippen LogP contribution in [0.15, 0.2) is 41.3 Å². The molecule has 1 aliphatic rings. The molecule has 32 heavy (non-hydrogen) atoms. The molecule has 0 radical (unpaired) electrons. The van der Waals surface area contributed by atoms with E-state index in [1.807, 2.05) is 6.07 Å². The highest BCUT2D eigenvalue weighted by Gasteiger charge is 2.28. The lowest BCUT2D eigenvalue weighted by Crippen LogP contribution is -2.32. The van der Waals surface area contributed by atoms with Gasteiger partial charge in [-0.1, -0.05) is 12.8 Å². The summed E-state index contributed by atoms with van der Waals surface area (Å²) in [5, 5.41) is 9.09. The molecule has 0 aromatic heterocycles. The van der Waals surface area contributed by atoms with Gasteiger partial charge in [0.2, 0.25) is 10.0 Å². The number of esters is 1. The van der Waals surface area contributed by atoms with Crippen molar-refractivity contribution in [1.29, 1.82) is 5.26 Å². The Hall–Kier alpha value is -3.09. The van der Waals surface area contributed by atoms with E-state index in [9.17, 15) is 13.2 Å². The summed E-state index contributed by atoms with van der Waals surface area (Å²) in [6.45, 7) is 2.99. The minimum absolute atomic E-state index is 0.0111. The molecule has 1 fully saturated rings. The number of methoxy groups -OCH3 is 1. The maximum absolute atomic E-state index is 13.2. The fourth-order valence-electron chi connectivity index (χ4n) is 3.52. The van der Waals surface area contributed by atoms with Crippen molar-refractivity contribution in [2.24, 2.45) is 0 Å². The van der Waals surface area contributed by atoms with Crippen LogP contribution >= 0.6 is 0 Å². The van der Waals surface area contributed by atoms with Crippen molar-refractivity contribution in [2.45, 2.75) is 37.5 Å². The molecule has 3 rings (SSSR count). The molecule has 8 nitrogen and oxygen atoms in total. The third kappa shape index (κ3) is 5.21. The maximum Gasteiger partial charge on any atom is 0.347 e. The first-order chi connectivity index (χ1) is 15.4. The lowest BCUT2D eigenvalue weighted by Gasteiger charge is -2.20. The first-order valence-electron chi connectivity index (χ1n) is 10.5. The molecule has 0 N–H and O–H groups in total. The normalized spacial score (nSPS) is 14.8. The average Bonchev–Trinajstić information content (AvgIpc) is 3.10. The lowest BCUT2D eigenvalue weighted by atomic mass is 10.2. The molecular formula is C23H26N2O6S. The predicted molar refractivity (Wildman–Crippen MR) is 118 cm³/mol. The molecule has 0 unspecified atom stereocenters. The Labute approximate surface area is 188 Å². The Bertz CT molecular complexity index is 1120. The van der Waals surface area contributed by atoms with Gasteiger partial charge < -0.3 is 14.2 Å². The Balaban J connectivity index is 1.94. The quantitative estimate of drug-likeness (QED) is 0.459. The van der Waals surface area contributed by atoms with E-state index in [-0.39, 0.29) is 27.7 Å². The predicted octanol–water partition coefficient (Wildman–Crippen LogP) is 3.75. The van der Waals surface area contributed by atoms with Crippen LogP contribution in [-0.4, -0.2) is 45.5 Å². The van der Waals surface area contributed by atoms with Crippen LogP contribution in [0.1, 0.15) is 48.5 Å². The zero-order valence-electron chi connectivity index (χ0n) is 18.2. The molecule has 1 saturated heterocycles. The molecule has 0 atom stereocenters. The third-order valence-electron chi connectivity index (χ3n) is 5.17. The monoisotopic (exact) mass is 458 g/mol. The van der Waals surface area contributed by atoms with Crippen LogP contribution in [0.5, 0.6) is 17.2 Å². The number of nitrogens with zero attached hydrogens (tertiary/aromatic N) is 2. The number of carbonyl (C=O) groups excluding carboxylic acids is 1. The fourth-order valence-corrected chi connectivity index (χ4v) is 5.07. The van der Waals surface area contributed by atoms with Crippen LogP contribution in [0.3, 0.4) is 0 Å². The molecular weight excluding hydrogens is 432 g/mol. The molecule has 1 heterocycles. The minimum atomic E-state index is -3.76. The Morgan fingerprint density at radius 3 is 2.34 bits per heavy atom. The van der Waals surface area contributed by atoms with Gasteiger partial charge in [0.15, 0.2) is 11.5 Å². The summed E-state index contributed by atoms with van der Waals surface area (Å²) in [5.74, 6) is -0.234. The van der Waals surface area contributed by atoms with Gasteiger partial charge in [-0.2, -0.15) is 9.57 Å². The molecule has 0 amide bonds. The number of hydrogen-bond acceptors (Lipinski definition) is 7. The van der Waals surface area contributed by atoms with E-state index in [1.165, 1.54) is 47.8 Å². The van der Waals surface area contributed by atoms with Crippen LogP contribution in [-0.2, 0) is 10.0 Å². The van der Waals surface area contributed by atoms with Crippen LogP contribution in [0.25, 0.3) is 0 Å². The summed E-state index contributed by atoms with van der Waals surface area (Å²) < 4.78 is 44.0. The van der Waals surface area contributed by atoms with Crippen LogP contribution < -0.4 is 14.2 Å². The second-order valence-corrected chi connectivity index (χ2v) is 9.21. The molecule has 9 heteroatoms. The molecule has 0 aliphatic carbocycles.